The van der Waals surface area contributed by atoms with Crippen LogP contribution in [0, 0.1) is 5.92 Å². The predicted octanol–water partition coefficient (Wildman–Crippen LogP) is 1.19. The molecule has 0 saturated carbocycles. The summed E-state index contributed by atoms with van der Waals surface area (Å²) in [5.41, 5.74) is 0. The molecule has 0 amide bonds. The normalized spacial score (nSPS) is 13.3. The van der Waals surface area contributed by atoms with Gasteiger partial charge in [0.2, 0.25) is 5.78 Å². The van der Waals surface area contributed by atoms with E-state index in [2.05, 4.69) is 0 Å². The smallest absolute Gasteiger partial charge is 0.450 e. The van der Waals surface area contributed by atoms with Crippen LogP contribution in [0.15, 0.2) is 0 Å². The zero-order chi connectivity index (χ0) is 12.2. The van der Waals surface area contributed by atoms with E-state index < -0.39 is 36.1 Å². The van der Waals surface area contributed by atoms with Crippen molar-refractivity contribution in [1.82, 2.24) is 0 Å². The molecular weight excluding hydrogens is 217 g/mol. The number of carboxylic acids is 1. The van der Waals surface area contributed by atoms with Crippen LogP contribution in [0.1, 0.15) is 19.8 Å². The van der Waals surface area contributed by atoms with Gasteiger partial charge in [-0.1, -0.05) is 0 Å². The van der Waals surface area contributed by atoms with E-state index in [-0.39, 0.29) is 6.42 Å². The number of carboxylic acid groups (broad SMARTS) is 1. The first-order valence-corrected chi connectivity index (χ1v) is 3.99. The fourth-order valence-corrected chi connectivity index (χ4v) is 0.912. The Hall–Kier alpha value is -1.40. The van der Waals surface area contributed by atoms with Gasteiger partial charge in [-0.2, -0.15) is 13.2 Å². The Morgan fingerprint density at radius 1 is 1.27 bits per heavy atom. The lowest BCUT2D eigenvalue weighted by Gasteiger charge is -2.12. The number of alkyl halides is 3. The molecule has 0 bridgehead atoms. The van der Waals surface area contributed by atoms with Crippen LogP contribution in [-0.4, -0.2) is 28.8 Å². The number of halogens is 3. The predicted molar refractivity (Wildman–Crippen MR) is 42.1 cm³/mol. The van der Waals surface area contributed by atoms with Crippen LogP contribution in [0.2, 0.25) is 0 Å². The summed E-state index contributed by atoms with van der Waals surface area (Å²) < 4.78 is 35.7. The standard InChI is InChI=1S/C8H9F3O4/c1-4(12)2-3-5(7(14)15)6(13)8(9,10)11/h5H,2-3H2,1H3,(H,14,15). The van der Waals surface area contributed by atoms with Crippen molar-refractivity contribution in [2.24, 2.45) is 5.92 Å². The second-order valence-corrected chi connectivity index (χ2v) is 2.99. The largest absolute Gasteiger partial charge is 0.481 e. The number of Topliss-reactive ketones (excluding diaryl/α,β-unsaturated/α-hetero) is 2. The first-order chi connectivity index (χ1) is 6.66. The number of carbonyl (C=O) groups is 3. The highest BCUT2D eigenvalue weighted by Gasteiger charge is 2.46. The fourth-order valence-electron chi connectivity index (χ4n) is 0.912. The van der Waals surface area contributed by atoms with Crippen LogP contribution >= 0.6 is 0 Å². The third-order valence-corrected chi connectivity index (χ3v) is 1.68. The van der Waals surface area contributed by atoms with E-state index in [1.165, 1.54) is 0 Å². The Kier molecular flexibility index (Phi) is 4.44. The number of hydrogen-bond acceptors (Lipinski definition) is 3. The van der Waals surface area contributed by atoms with Crippen LogP contribution in [0.5, 0.6) is 0 Å². The Morgan fingerprint density at radius 2 is 1.73 bits per heavy atom. The highest BCUT2D eigenvalue weighted by Crippen LogP contribution is 2.23. The van der Waals surface area contributed by atoms with E-state index in [9.17, 15) is 27.6 Å². The van der Waals surface area contributed by atoms with Crippen molar-refractivity contribution in [2.45, 2.75) is 25.9 Å². The molecular formula is C8H9F3O4. The van der Waals surface area contributed by atoms with Crippen molar-refractivity contribution >= 4 is 17.5 Å². The van der Waals surface area contributed by atoms with Crippen molar-refractivity contribution in [3.8, 4) is 0 Å². The lowest BCUT2D eigenvalue weighted by molar-refractivity contribution is -0.179. The van der Waals surface area contributed by atoms with Crippen molar-refractivity contribution in [1.29, 1.82) is 0 Å². The molecule has 1 unspecified atom stereocenters. The third kappa shape index (κ3) is 4.57. The molecule has 0 aliphatic carbocycles. The molecule has 0 aliphatic heterocycles. The van der Waals surface area contributed by atoms with Crippen molar-refractivity contribution in [3.63, 3.8) is 0 Å². The minimum atomic E-state index is -5.18. The maximum absolute atomic E-state index is 11.9. The molecule has 0 radical (unpaired) electrons. The lowest BCUT2D eigenvalue weighted by Crippen LogP contribution is -2.35. The molecule has 86 valence electrons. The number of hydrogen-bond donors (Lipinski definition) is 1. The van der Waals surface area contributed by atoms with E-state index in [0.29, 0.717) is 0 Å². The molecule has 0 saturated heterocycles. The van der Waals surface area contributed by atoms with Gasteiger partial charge < -0.3 is 9.90 Å². The topological polar surface area (TPSA) is 71.4 Å². The first kappa shape index (κ1) is 13.6. The second kappa shape index (κ2) is 4.90. The molecule has 0 aromatic rings. The summed E-state index contributed by atoms with van der Waals surface area (Å²) in [6.07, 6.45) is -6.17. The zero-order valence-electron chi connectivity index (χ0n) is 7.80. The van der Waals surface area contributed by atoms with Crippen molar-refractivity contribution < 1.29 is 32.7 Å². The summed E-state index contributed by atoms with van der Waals surface area (Å²) in [7, 11) is 0. The molecule has 0 aromatic heterocycles. The minimum Gasteiger partial charge on any atom is -0.481 e. The van der Waals surface area contributed by atoms with Gasteiger partial charge in [-0.25, -0.2) is 0 Å². The zero-order valence-corrected chi connectivity index (χ0v) is 7.80. The summed E-state index contributed by atoms with van der Waals surface area (Å²) in [5.74, 6) is -6.83. The molecule has 0 aromatic carbocycles. The maximum Gasteiger partial charge on any atom is 0.450 e. The number of carbonyl (C=O) groups excluding carboxylic acids is 2. The number of rotatable bonds is 5. The third-order valence-electron chi connectivity index (χ3n) is 1.68. The van der Waals surface area contributed by atoms with Crippen molar-refractivity contribution in [3.05, 3.63) is 0 Å². The molecule has 0 aliphatic rings. The highest BCUT2D eigenvalue weighted by atomic mass is 19.4. The van der Waals surface area contributed by atoms with Gasteiger partial charge >= 0.3 is 12.1 Å². The average molecular weight is 226 g/mol. The van der Waals surface area contributed by atoms with Gasteiger partial charge in [-0.05, 0) is 13.3 Å². The van der Waals surface area contributed by atoms with Gasteiger partial charge in [0.1, 0.15) is 11.7 Å². The van der Waals surface area contributed by atoms with E-state index in [4.69, 9.17) is 5.11 Å². The van der Waals surface area contributed by atoms with Gasteiger partial charge in [-0.3, -0.25) is 9.59 Å². The van der Waals surface area contributed by atoms with Crippen LogP contribution < -0.4 is 0 Å². The quantitative estimate of drug-likeness (QED) is 0.714. The summed E-state index contributed by atoms with van der Waals surface area (Å²) in [4.78, 5) is 31.4. The molecule has 0 spiro atoms. The monoisotopic (exact) mass is 226 g/mol. The van der Waals surface area contributed by atoms with Gasteiger partial charge in [0.15, 0.2) is 0 Å². The number of ketones is 2. The van der Waals surface area contributed by atoms with Gasteiger partial charge in [-0.15, -0.1) is 0 Å². The molecule has 0 fully saturated rings. The summed E-state index contributed by atoms with van der Waals surface area (Å²) in [5, 5.41) is 8.39. The Bertz CT molecular complexity index is 282. The molecule has 0 heterocycles. The first-order valence-electron chi connectivity index (χ1n) is 3.99. The SMILES string of the molecule is CC(=O)CCC(C(=O)O)C(=O)C(F)(F)F. The Labute approximate surface area is 83.1 Å². The van der Waals surface area contributed by atoms with Crippen LogP contribution in [-0.2, 0) is 14.4 Å². The Morgan fingerprint density at radius 3 is 2.00 bits per heavy atom. The minimum absolute atomic E-state index is 0.362. The Balaban J connectivity index is 4.61. The maximum atomic E-state index is 11.9. The highest BCUT2D eigenvalue weighted by molar-refractivity contribution is 6.01. The molecule has 4 nitrogen and oxygen atoms in total. The summed E-state index contributed by atoms with van der Waals surface area (Å²) >= 11 is 0. The van der Waals surface area contributed by atoms with Crippen molar-refractivity contribution in [2.75, 3.05) is 0 Å². The molecule has 7 heteroatoms. The van der Waals surface area contributed by atoms with Gasteiger partial charge in [0, 0.05) is 6.42 Å². The fraction of sp³-hybridized carbons (Fsp3) is 0.625. The lowest BCUT2D eigenvalue weighted by atomic mass is 9.97. The van der Waals surface area contributed by atoms with E-state index in [1.54, 1.807) is 0 Å². The van der Waals surface area contributed by atoms with E-state index >= 15 is 0 Å². The molecule has 0 rings (SSSR count). The van der Waals surface area contributed by atoms with Crippen LogP contribution in [0.3, 0.4) is 0 Å². The summed E-state index contributed by atoms with van der Waals surface area (Å²) in [6.45, 7) is 1.11. The number of aliphatic carboxylic acids is 1. The van der Waals surface area contributed by atoms with Gasteiger partial charge in [0.05, 0.1) is 0 Å². The average Bonchev–Trinajstić information content (AvgIpc) is 2.01. The van der Waals surface area contributed by atoms with E-state index in [1.807, 2.05) is 0 Å². The van der Waals surface area contributed by atoms with Gasteiger partial charge in [0.25, 0.3) is 0 Å². The molecule has 1 atom stereocenters. The molecule has 15 heavy (non-hydrogen) atoms. The van der Waals surface area contributed by atoms with Crippen LogP contribution in [0.25, 0.3) is 0 Å². The van der Waals surface area contributed by atoms with E-state index in [0.717, 1.165) is 6.92 Å². The second-order valence-electron chi connectivity index (χ2n) is 2.99. The summed E-state index contributed by atoms with van der Waals surface area (Å²) in [6, 6.07) is 0. The van der Waals surface area contributed by atoms with Crippen LogP contribution in [0.4, 0.5) is 13.2 Å². The molecule has 1 N–H and O–H groups in total.